The minimum atomic E-state index is 0.813. The van der Waals surface area contributed by atoms with Gasteiger partial charge < -0.3 is 5.32 Å². The fourth-order valence-corrected chi connectivity index (χ4v) is 2.32. The van der Waals surface area contributed by atoms with Crippen molar-refractivity contribution in [2.24, 2.45) is 13.0 Å². The summed E-state index contributed by atoms with van der Waals surface area (Å²) in [4.78, 5) is 3.93. The molecule has 0 atom stereocenters. The van der Waals surface area contributed by atoms with Crippen molar-refractivity contribution in [3.63, 3.8) is 0 Å². The second-order valence-corrected chi connectivity index (χ2v) is 4.72. The SMILES string of the molecule is CCN(Cc1nnn(C)n1)CC1CCNCC1. The Morgan fingerprint density at radius 3 is 2.76 bits per heavy atom. The highest BCUT2D eigenvalue weighted by Crippen LogP contribution is 2.14. The van der Waals surface area contributed by atoms with Crippen LogP contribution in [0.1, 0.15) is 25.6 Å². The first-order valence-corrected chi connectivity index (χ1v) is 6.44. The molecule has 17 heavy (non-hydrogen) atoms. The van der Waals surface area contributed by atoms with Crippen molar-refractivity contribution >= 4 is 0 Å². The number of nitrogens with one attached hydrogen (secondary N) is 1. The van der Waals surface area contributed by atoms with Gasteiger partial charge in [-0.3, -0.25) is 4.90 Å². The highest BCUT2D eigenvalue weighted by Gasteiger charge is 2.17. The van der Waals surface area contributed by atoms with Crippen LogP contribution in [0.25, 0.3) is 0 Å². The molecule has 0 spiro atoms. The number of nitrogens with zero attached hydrogens (tertiary/aromatic N) is 5. The molecule has 0 amide bonds. The van der Waals surface area contributed by atoms with Gasteiger partial charge in [-0.2, -0.15) is 4.80 Å². The van der Waals surface area contributed by atoms with E-state index < -0.39 is 0 Å². The molecule has 1 N–H and O–H groups in total. The molecule has 0 bridgehead atoms. The molecule has 0 aromatic carbocycles. The van der Waals surface area contributed by atoms with Crippen molar-refractivity contribution in [1.29, 1.82) is 0 Å². The van der Waals surface area contributed by atoms with Crippen LogP contribution in [0.15, 0.2) is 0 Å². The van der Waals surface area contributed by atoms with Gasteiger partial charge in [-0.25, -0.2) is 0 Å². The quantitative estimate of drug-likeness (QED) is 0.784. The minimum Gasteiger partial charge on any atom is -0.317 e. The summed E-state index contributed by atoms with van der Waals surface area (Å²) in [5.41, 5.74) is 0. The number of aryl methyl sites for hydroxylation is 1. The third-order valence-electron chi connectivity index (χ3n) is 3.34. The molecule has 0 aliphatic carbocycles. The molecule has 1 aliphatic heterocycles. The van der Waals surface area contributed by atoms with E-state index in [1.165, 1.54) is 17.6 Å². The molecule has 6 nitrogen and oxygen atoms in total. The summed E-state index contributed by atoms with van der Waals surface area (Å²) in [6.45, 7) is 7.52. The van der Waals surface area contributed by atoms with Crippen LogP contribution in [0.4, 0.5) is 0 Å². The van der Waals surface area contributed by atoms with Gasteiger partial charge in [0.2, 0.25) is 0 Å². The van der Waals surface area contributed by atoms with E-state index in [1.807, 2.05) is 0 Å². The summed E-state index contributed by atoms with van der Waals surface area (Å²) < 4.78 is 0. The molecule has 2 rings (SSSR count). The van der Waals surface area contributed by atoms with Crippen LogP contribution in [0.2, 0.25) is 0 Å². The van der Waals surface area contributed by atoms with E-state index in [4.69, 9.17) is 0 Å². The Hall–Kier alpha value is -1.01. The van der Waals surface area contributed by atoms with Crippen molar-refractivity contribution in [3.8, 4) is 0 Å². The van der Waals surface area contributed by atoms with Crippen LogP contribution >= 0.6 is 0 Å². The lowest BCUT2D eigenvalue weighted by molar-refractivity contribution is 0.203. The molecular formula is C11H22N6. The molecule has 1 fully saturated rings. The topological polar surface area (TPSA) is 58.9 Å². The maximum absolute atomic E-state index is 4.23. The minimum absolute atomic E-state index is 0.813. The van der Waals surface area contributed by atoms with Gasteiger partial charge in [0.15, 0.2) is 5.82 Å². The van der Waals surface area contributed by atoms with Crippen molar-refractivity contribution in [2.75, 3.05) is 26.2 Å². The maximum atomic E-state index is 4.23. The third-order valence-corrected chi connectivity index (χ3v) is 3.34. The molecule has 6 heteroatoms. The van der Waals surface area contributed by atoms with E-state index >= 15 is 0 Å². The van der Waals surface area contributed by atoms with Crippen molar-refractivity contribution in [2.45, 2.75) is 26.3 Å². The van der Waals surface area contributed by atoms with E-state index in [0.717, 1.165) is 44.5 Å². The second-order valence-electron chi connectivity index (χ2n) is 4.72. The molecule has 0 radical (unpaired) electrons. The summed E-state index contributed by atoms with van der Waals surface area (Å²) in [6.07, 6.45) is 2.56. The molecule has 0 saturated carbocycles. The summed E-state index contributed by atoms with van der Waals surface area (Å²) in [5, 5.41) is 15.5. The number of rotatable bonds is 5. The number of hydrogen-bond donors (Lipinski definition) is 1. The predicted octanol–water partition coefficient (Wildman–Crippen LogP) is 0.0316. The number of hydrogen-bond acceptors (Lipinski definition) is 5. The molecule has 96 valence electrons. The van der Waals surface area contributed by atoms with Gasteiger partial charge in [0.1, 0.15) is 0 Å². The van der Waals surface area contributed by atoms with Gasteiger partial charge in [-0.05, 0) is 43.6 Å². The lowest BCUT2D eigenvalue weighted by atomic mass is 9.97. The van der Waals surface area contributed by atoms with E-state index in [9.17, 15) is 0 Å². The smallest absolute Gasteiger partial charge is 0.188 e. The zero-order valence-electron chi connectivity index (χ0n) is 10.8. The third kappa shape index (κ3) is 3.74. The van der Waals surface area contributed by atoms with Crippen molar-refractivity contribution < 1.29 is 0 Å². The van der Waals surface area contributed by atoms with Crippen LogP contribution in [0, 0.1) is 5.92 Å². The summed E-state index contributed by atoms with van der Waals surface area (Å²) in [6, 6.07) is 0. The zero-order chi connectivity index (χ0) is 12.1. The van der Waals surface area contributed by atoms with Crippen molar-refractivity contribution in [1.82, 2.24) is 30.4 Å². The van der Waals surface area contributed by atoms with Crippen LogP contribution in [0.3, 0.4) is 0 Å². The Labute approximate surface area is 102 Å². The fraction of sp³-hybridized carbons (Fsp3) is 0.909. The van der Waals surface area contributed by atoms with Crippen LogP contribution in [0.5, 0.6) is 0 Å². The first-order chi connectivity index (χ1) is 8.28. The summed E-state index contributed by atoms with van der Waals surface area (Å²) >= 11 is 0. The van der Waals surface area contributed by atoms with Gasteiger partial charge in [-0.1, -0.05) is 6.92 Å². The van der Waals surface area contributed by atoms with Gasteiger partial charge in [0.05, 0.1) is 13.6 Å². The number of tetrazole rings is 1. The Bertz CT molecular complexity index is 330. The Morgan fingerprint density at radius 2 is 2.18 bits per heavy atom. The highest BCUT2D eigenvalue weighted by atomic mass is 15.6. The summed E-state index contributed by atoms with van der Waals surface area (Å²) in [7, 11) is 1.81. The van der Waals surface area contributed by atoms with E-state index in [0.29, 0.717) is 0 Å². The van der Waals surface area contributed by atoms with Gasteiger partial charge in [0, 0.05) is 6.54 Å². The van der Waals surface area contributed by atoms with E-state index in [-0.39, 0.29) is 0 Å². The standard InChI is InChI=1S/C11H22N6/c1-3-17(8-10-4-6-12-7-5-10)9-11-13-15-16(2)14-11/h10,12H,3-9H2,1-2H3. The molecular weight excluding hydrogens is 216 g/mol. The first kappa shape index (κ1) is 12.4. The molecule has 0 unspecified atom stereocenters. The average Bonchev–Trinajstić information content (AvgIpc) is 2.75. The Balaban J connectivity index is 1.83. The molecule has 2 heterocycles. The Morgan fingerprint density at radius 1 is 1.41 bits per heavy atom. The lowest BCUT2D eigenvalue weighted by Gasteiger charge is -2.28. The second kappa shape index (κ2) is 6.07. The van der Waals surface area contributed by atoms with Gasteiger partial charge in [0.25, 0.3) is 0 Å². The molecule has 1 aromatic rings. The van der Waals surface area contributed by atoms with Crippen LogP contribution in [-0.4, -0.2) is 51.3 Å². The van der Waals surface area contributed by atoms with E-state index in [2.05, 4.69) is 32.6 Å². The van der Waals surface area contributed by atoms with Crippen LogP contribution < -0.4 is 5.32 Å². The van der Waals surface area contributed by atoms with Gasteiger partial charge in [-0.15, -0.1) is 10.2 Å². The molecule has 1 aliphatic rings. The normalized spacial score (nSPS) is 17.8. The first-order valence-electron chi connectivity index (χ1n) is 6.44. The zero-order valence-corrected chi connectivity index (χ0v) is 10.8. The van der Waals surface area contributed by atoms with E-state index in [1.54, 1.807) is 7.05 Å². The lowest BCUT2D eigenvalue weighted by Crippen LogP contribution is -2.36. The maximum Gasteiger partial charge on any atom is 0.188 e. The van der Waals surface area contributed by atoms with Crippen LogP contribution in [-0.2, 0) is 13.6 Å². The van der Waals surface area contributed by atoms with Gasteiger partial charge >= 0.3 is 0 Å². The summed E-state index contributed by atoms with van der Waals surface area (Å²) in [5.74, 6) is 1.64. The number of piperidine rings is 1. The van der Waals surface area contributed by atoms with Crippen molar-refractivity contribution in [3.05, 3.63) is 5.82 Å². The molecule has 1 saturated heterocycles. The largest absolute Gasteiger partial charge is 0.317 e. The number of aromatic nitrogens is 4. The predicted molar refractivity (Wildman–Crippen MR) is 65.3 cm³/mol. The monoisotopic (exact) mass is 238 g/mol. The average molecular weight is 238 g/mol. The fourth-order valence-electron chi connectivity index (χ4n) is 2.32. The highest BCUT2D eigenvalue weighted by molar-refractivity contribution is 4.79. The molecule has 1 aromatic heterocycles. The Kier molecular flexibility index (Phi) is 4.44.